The second kappa shape index (κ2) is 4.93. The van der Waals surface area contributed by atoms with Crippen LogP contribution in [0.4, 0.5) is 11.5 Å². The molecule has 2 rings (SSSR count). The van der Waals surface area contributed by atoms with Crippen molar-refractivity contribution in [2.75, 3.05) is 5.73 Å². The Kier molecular flexibility index (Phi) is 3.35. The quantitative estimate of drug-likeness (QED) is 0.655. The summed E-state index contributed by atoms with van der Waals surface area (Å²) >= 11 is 5.90. The van der Waals surface area contributed by atoms with E-state index in [0.717, 1.165) is 5.69 Å². The highest BCUT2D eigenvalue weighted by molar-refractivity contribution is 6.32. The summed E-state index contributed by atoms with van der Waals surface area (Å²) in [7, 11) is 0. The Labute approximate surface area is 104 Å². The maximum atomic E-state index is 5.90. The molecule has 1 heterocycles. The van der Waals surface area contributed by atoms with Gasteiger partial charge in [0.1, 0.15) is 17.3 Å². The molecule has 0 aliphatic heterocycles. The molecule has 86 valence electrons. The first-order chi connectivity index (χ1) is 8.16. The molecule has 17 heavy (non-hydrogen) atoms. The molecule has 0 fully saturated rings. The molecule has 1 aromatic heterocycles. The molecule has 0 aliphatic carbocycles. The minimum absolute atomic E-state index is 0.299. The summed E-state index contributed by atoms with van der Waals surface area (Å²) in [4.78, 5) is 12.0. The third-order valence-corrected chi connectivity index (χ3v) is 2.54. The Bertz CT molecular complexity index is 529. The first-order valence-electron chi connectivity index (χ1n) is 5.03. The highest BCUT2D eigenvalue weighted by Gasteiger charge is 2.03. The van der Waals surface area contributed by atoms with Crippen LogP contribution in [0.25, 0.3) is 0 Å². The number of aromatic nitrogens is 2. The van der Waals surface area contributed by atoms with Crippen LogP contribution in [0.3, 0.4) is 0 Å². The van der Waals surface area contributed by atoms with Gasteiger partial charge >= 0.3 is 0 Å². The minimum atomic E-state index is 0.299. The van der Waals surface area contributed by atoms with Crippen molar-refractivity contribution in [2.45, 2.75) is 6.92 Å². The SMILES string of the molecule is Cc1ccc(/N=C/c2c(N)ncnc2Cl)cc1. The molecule has 0 saturated carbocycles. The first-order valence-corrected chi connectivity index (χ1v) is 5.41. The van der Waals surface area contributed by atoms with Gasteiger partial charge in [-0.25, -0.2) is 9.97 Å². The number of hydrogen-bond donors (Lipinski definition) is 1. The lowest BCUT2D eigenvalue weighted by atomic mass is 10.2. The number of aliphatic imine (C=N–C) groups is 1. The van der Waals surface area contributed by atoms with Crippen molar-refractivity contribution in [2.24, 2.45) is 4.99 Å². The summed E-state index contributed by atoms with van der Waals surface area (Å²) in [5.74, 6) is 0.320. The van der Waals surface area contributed by atoms with Gasteiger partial charge in [0.05, 0.1) is 11.3 Å². The largest absolute Gasteiger partial charge is 0.383 e. The fraction of sp³-hybridized carbons (Fsp3) is 0.0833. The Balaban J connectivity index is 2.29. The predicted octanol–water partition coefficient (Wildman–Crippen LogP) is 2.77. The fourth-order valence-electron chi connectivity index (χ4n) is 1.28. The van der Waals surface area contributed by atoms with Crippen molar-refractivity contribution in [3.63, 3.8) is 0 Å². The van der Waals surface area contributed by atoms with Crippen LogP contribution in [0.2, 0.25) is 5.15 Å². The highest BCUT2D eigenvalue weighted by Crippen LogP contribution is 2.17. The maximum absolute atomic E-state index is 5.90. The van der Waals surface area contributed by atoms with E-state index in [2.05, 4.69) is 15.0 Å². The Morgan fingerprint density at radius 1 is 1.24 bits per heavy atom. The van der Waals surface area contributed by atoms with Crippen LogP contribution >= 0.6 is 11.6 Å². The summed E-state index contributed by atoms with van der Waals surface area (Å²) in [6.45, 7) is 2.02. The smallest absolute Gasteiger partial charge is 0.143 e. The number of nitrogens with two attached hydrogens (primary N) is 1. The van der Waals surface area contributed by atoms with Gasteiger partial charge in [0, 0.05) is 6.21 Å². The van der Waals surface area contributed by atoms with Crippen LogP contribution in [0.5, 0.6) is 0 Å². The van der Waals surface area contributed by atoms with Crippen molar-refractivity contribution in [1.82, 2.24) is 9.97 Å². The lowest BCUT2D eigenvalue weighted by molar-refractivity contribution is 1.17. The minimum Gasteiger partial charge on any atom is -0.383 e. The Hall–Kier alpha value is -1.94. The lowest BCUT2D eigenvalue weighted by Crippen LogP contribution is -1.99. The third-order valence-electron chi connectivity index (χ3n) is 2.24. The van der Waals surface area contributed by atoms with E-state index < -0.39 is 0 Å². The molecule has 0 saturated heterocycles. The van der Waals surface area contributed by atoms with Gasteiger partial charge in [-0.05, 0) is 19.1 Å². The molecule has 5 heteroatoms. The van der Waals surface area contributed by atoms with Crippen molar-refractivity contribution >= 4 is 29.3 Å². The zero-order valence-electron chi connectivity index (χ0n) is 9.26. The molecule has 2 aromatic rings. The normalized spacial score (nSPS) is 10.9. The zero-order valence-corrected chi connectivity index (χ0v) is 10.0. The van der Waals surface area contributed by atoms with E-state index in [9.17, 15) is 0 Å². The standard InChI is InChI=1S/C12H11ClN4/c1-8-2-4-9(5-3-8)15-6-10-11(13)16-7-17-12(10)14/h2-7H,1H3,(H2,14,16,17)/b15-6+. The average molecular weight is 247 g/mol. The number of aryl methyl sites for hydroxylation is 1. The highest BCUT2D eigenvalue weighted by atomic mass is 35.5. The summed E-state index contributed by atoms with van der Waals surface area (Å²) in [6, 6.07) is 7.80. The van der Waals surface area contributed by atoms with E-state index in [-0.39, 0.29) is 0 Å². The number of anilines is 1. The molecule has 1 aromatic carbocycles. The number of rotatable bonds is 2. The van der Waals surface area contributed by atoms with E-state index >= 15 is 0 Å². The topological polar surface area (TPSA) is 64.2 Å². The molecule has 0 aliphatic rings. The molecule has 2 N–H and O–H groups in total. The summed E-state index contributed by atoms with van der Waals surface area (Å²) < 4.78 is 0. The van der Waals surface area contributed by atoms with Gasteiger partial charge in [0.25, 0.3) is 0 Å². The zero-order chi connectivity index (χ0) is 12.3. The molecule has 0 amide bonds. The van der Waals surface area contributed by atoms with E-state index in [4.69, 9.17) is 17.3 Å². The monoisotopic (exact) mass is 246 g/mol. The van der Waals surface area contributed by atoms with Crippen LogP contribution in [0, 0.1) is 6.92 Å². The van der Waals surface area contributed by atoms with Crippen molar-refractivity contribution in [3.8, 4) is 0 Å². The number of hydrogen-bond acceptors (Lipinski definition) is 4. The van der Waals surface area contributed by atoms with Crippen LogP contribution in [-0.4, -0.2) is 16.2 Å². The molecule has 0 spiro atoms. The summed E-state index contributed by atoms with van der Waals surface area (Å²) in [5.41, 5.74) is 8.23. The van der Waals surface area contributed by atoms with E-state index in [0.29, 0.717) is 16.5 Å². The average Bonchev–Trinajstić information content (AvgIpc) is 2.31. The summed E-state index contributed by atoms with van der Waals surface area (Å²) in [5, 5.41) is 0.299. The number of halogens is 1. The van der Waals surface area contributed by atoms with Gasteiger partial charge in [-0.3, -0.25) is 4.99 Å². The maximum Gasteiger partial charge on any atom is 0.143 e. The molecule has 0 bridgehead atoms. The molecule has 0 unspecified atom stereocenters. The Morgan fingerprint density at radius 3 is 2.59 bits per heavy atom. The fourth-order valence-corrected chi connectivity index (χ4v) is 1.47. The van der Waals surface area contributed by atoms with E-state index in [1.807, 2.05) is 31.2 Å². The van der Waals surface area contributed by atoms with Gasteiger partial charge in [0.15, 0.2) is 0 Å². The number of nitrogen functional groups attached to an aromatic ring is 1. The van der Waals surface area contributed by atoms with Crippen LogP contribution in [0.15, 0.2) is 35.6 Å². The van der Waals surface area contributed by atoms with Gasteiger partial charge in [-0.1, -0.05) is 29.3 Å². The third kappa shape index (κ3) is 2.79. The van der Waals surface area contributed by atoms with Crippen LogP contribution < -0.4 is 5.73 Å². The van der Waals surface area contributed by atoms with Crippen molar-refractivity contribution in [3.05, 3.63) is 46.9 Å². The second-order valence-electron chi connectivity index (χ2n) is 3.56. The van der Waals surface area contributed by atoms with Gasteiger partial charge in [-0.15, -0.1) is 0 Å². The van der Waals surface area contributed by atoms with Crippen molar-refractivity contribution in [1.29, 1.82) is 0 Å². The van der Waals surface area contributed by atoms with Gasteiger partial charge in [-0.2, -0.15) is 0 Å². The van der Waals surface area contributed by atoms with Gasteiger partial charge < -0.3 is 5.73 Å². The number of benzene rings is 1. The predicted molar refractivity (Wildman–Crippen MR) is 69.9 cm³/mol. The molecule has 0 radical (unpaired) electrons. The molecular weight excluding hydrogens is 236 g/mol. The molecule has 0 atom stereocenters. The van der Waals surface area contributed by atoms with Crippen molar-refractivity contribution < 1.29 is 0 Å². The number of nitrogens with zero attached hydrogens (tertiary/aromatic N) is 3. The Morgan fingerprint density at radius 2 is 1.94 bits per heavy atom. The molecule has 4 nitrogen and oxygen atoms in total. The first kappa shape index (κ1) is 11.5. The lowest BCUT2D eigenvalue weighted by Gasteiger charge is -2.00. The summed E-state index contributed by atoms with van der Waals surface area (Å²) in [6.07, 6.45) is 2.89. The molecular formula is C12H11ClN4. The van der Waals surface area contributed by atoms with Crippen LogP contribution in [-0.2, 0) is 0 Å². The van der Waals surface area contributed by atoms with Crippen LogP contribution in [0.1, 0.15) is 11.1 Å². The van der Waals surface area contributed by atoms with Gasteiger partial charge in [0.2, 0.25) is 0 Å². The van der Waals surface area contributed by atoms with E-state index in [1.165, 1.54) is 11.9 Å². The second-order valence-corrected chi connectivity index (χ2v) is 3.92. The van der Waals surface area contributed by atoms with E-state index in [1.54, 1.807) is 6.21 Å².